The average molecular weight is 278 g/mol. The van der Waals surface area contributed by atoms with E-state index in [-0.39, 0.29) is 5.91 Å². The van der Waals surface area contributed by atoms with Crippen LogP contribution in [-0.2, 0) is 4.79 Å². The predicted octanol–water partition coefficient (Wildman–Crippen LogP) is 3.66. The lowest BCUT2D eigenvalue weighted by molar-refractivity contribution is -0.125. The molecule has 2 aliphatic rings. The smallest absolute Gasteiger partial charge is 0.229 e. The lowest BCUT2D eigenvalue weighted by Gasteiger charge is -2.22. The first-order chi connectivity index (χ1) is 7.96. The molecule has 0 unspecified atom stereocenters. The molecule has 2 saturated carbocycles. The van der Waals surface area contributed by atoms with Crippen molar-refractivity contribution in [3.63, 3.8) is 0 Å². The lowest BCUT2D eigenvalue weighted by atomic mass is 9.87. The Balaban J connectivity index is 1.67. The van der Waals surface area contributed by atoms with Crippen LogP contribution in [0.2, 0.25) is 0 Å². The van der Waals surface area contributed by atoms with E-state index in [4.69, 9.17) is 23.2 Å². The van der Waals surface area contributed by atoms with Crippen LogP contribution >= 0.6 is 23.2 Å². The SMILES string of the molecule is C[C@@]1(C(=O)NCCC2CCCCC2)CC1(Cl)Cl. The highest BCUT2D eigenvalue weighted by molar-refractivity contribution is 6.53. The van der Waals surface area contributed by atoms with Gasteiger partial charge in [-0.1, -0.05) is 32.1 Å². The molecule has 0 aromatic heterocycles. The van der Waals surface area contributed by atoms with Crippen LogP contribution in [0.3, 0.4) is 0 Å². The van der Waals surface area contributed by atoms with Gasteiger partial charge in [-0.05, 0) is 25.7 Å². The number of rotatable bonds is 4. The Labute approximate surface area is 113 Å². The van der Waals surface area contributed by atoms with Gasteiger partial charge in [0.2, 0.25) is 5.91 Å². The van der Waals surface area contributed by atoms with Gasteiger partial charge in [0.25, 0.3) is 0 Å². The Morgan fingerprint density at radius 3 is 2.41 bits per heavy atom. The second-order valence-corrected chi connectivity index (χ2v) is 7.25. The van der Waals surface area contributed by atoms with Crippen molar-refractivity contribution in [3.05, 3.63) is 0 Å². The highest BCUT2D eigenvalue weighted by Gasteiger charge is 2.67. The van der Waals surface area contributed by atoms with Gasteiger partial charge in [0.15, 0.2) is 0 Å². The van der Waals surface area contributed by atoms with Crippen LogP contribution in [0.1, 0.15) is 51.9 Å². The molecule has 2 rings (SSSR count). The predicted molar refractivity (Wildman–Crippen MR) is 71.4 cm³/mol. The summed E-state index contributed by atoms with van der Waals surface area (Å²) in [5.74, 6) is 0.811. The van der Waals surface area contributed by atoms with Crippen molar-refractivity contribution < 1.29 is 4.79 Å². The Morgan fingerprint density at radius 1 is 1.29 bits per heavy atom. The van der Waals surface area contributed by atoms with Crippen LogP contribution in [0, 0.1) is 11.3 Å². The summed E-state index contributed by atoms with van der Waals surface area (Å²) >= 11 is 12.0. The van der Waals surface area contributed by atoms with E-state index < -0.39 is 9.75 Å². The van der Waals surface area contributed by atoms with Gasteiger partial charge >= 0.3 is 0 Å². The number of carbonyl (C=O) groups is 1. The molecule has 17 heavy (non-hydrogen) atoms. The molecule has 4 heteroatoms. The van der Waals surface area contributed by atoms with E-state index in [0.717, 1.165) is 18.9 Å². The van der Waals surface area contributed by atoms with E-state index in [1.54, 1.807) is 0 Å². The quantitative estimate of drug-likeness (QED) is 0.781. The standard InChI is InChI=1S/C13H21Cl2NO/c1-12(9-13(12,14)15)11(17)16-8-7-10-5-3-2-4-6-10/h10H,2-9H2,1H3,(H,16,17)/t12-/m0/s1. The third-order valence-corrected chi connectivity index (χ3v) is 5.42. The zero-order valence-electron chi connectivity index (χ0n) is 10.4. The van der Waals surface area contributed by atoms with Crippen LogP contribution in [-0.4, -0.2) is 16.8 Å². The van der Waals surface area contributed by atoms with Gasteiger partial charge < -0.3 is 5.32 Å². The molecule has 1 amide bonds. The summed E-state index contributed by atoms with van der Waals surface area (Å²) in [5.41, 5.74) is -0.567. The Kier molecular flexibility index (Phi) is 3.94. The fourth-order valence-electron chi connectivity index (χ4n) is 2.71. The maximum absolute atomic E-state index is 11.9. The summed E-state index contributed by atoms with van der Waals surface area (Å²) < 4.78 is -0.845. The van der Waals surface area contributed by atoms with Crippen LogP contribution in [0.25, 0.3) is 0 Å². The van der Waals surface area contributed by atoms with Crippen molar-refractivity contribution in [3.8, 4) is 0 Å². The van der Waals surface area contributed by atoms with Gasteiger partial charge in [0.05, 0.1) is 5.41 Å². The molecule has 0 bridgehead atoms. The number of carbonyl (C=O) groups excluding carboxylic acids is 1. The normalized spacial score (nSPS) is 32.2. The monoisotopic (exact) mass is 277 g/mol. The summed E-state index contributed by atoms with van der Waals surface area (Å²) in [4.78, 5) is 11.9. The van der Waals surface area contributed by atoms with Gasteiger partial charge in [-0.25, -0.2) is 0 Å². The molecule has 2 nitrogen and oxygen atoms in total. The van der Waals surface area contributed by atoms with Crippen molar-refractivity contribution in [2.75, 3.05) is 6.54 Å². The molecular formula is C13H21Cl2NO. The number of halogens is 2. The van der Waals surface area contributed by atoms with Crippen molar-refractivity contribution in [2.24, 2.45) is 11.3 Å². The third-order valence-electron chi connectivity index (χ3n) is 4.32. The summed E-state index contributed by atoms with van der Waals surface area (Å²) in [6.07, 6.45) is 8.38. The first kappa shape index (κ1) is 13.5. The van der Waals surface area contributed by atoms with Crippen molar-refractivity contribution in [1.29, 1.82) is 0 Å². The minimum atomic E-state index is -0.845. The molecule has 0 aromatic carbocycles. The topological polar surface area (TPSA) is 29.1 Å². The summed E-state index contributed by atoms with van der Waals surface area (Å²) in [6.45, 7) is 2.60. The molecule has 2 fully saturated rings. The fourth-order valence-corrected chi connectivity index (χ4v) is 3.41. The number of amides is 1. The van der Waals surface area contributed by atoms with Gasteiger partial charge in [-0.15, -0.1) is 23.2 Å². The Hall–Kier alpha value is 0.0500. The van der Waals surface area contributed by atoms with Crippen LogP contribution < -0.4 is 5.32 Å². The highest BCUT2D eigenvalue weighted by atomic mass is 35.5. The fraction of sp³-hybridized carbons (Fsp3) is 0.923. The zero-order chi connectivity index (χ0) is 12.5. The maximum Gasteiger partial charge on any atom is 0.229 e. The molecule has 98 valence electrons. The molecule has 0 aromatic rings. The Morgan fingerprint density at radius 2 is 1.88 bits per heavy atom. The third kappa shape index (κ3) is 2.90. The number of nitrogens with one attached hydrogen (secondary N) is 1. The molecular weight excluding hydrogens is 257 g/mol. The summed E-state index contributed by atoms with van der Waals surface area (Å²) in [6, 6.07) is 0. The van der Waals surface area contributed by atoms with E-state index in [1.165, 1.54) is 32.1 Å². The van der Waals surface area contributed by atoms with Crippen molar-refractivity contribution in [1.82, 2.24) is 5.32 Å². The van der Waals surface area contributed by atoms with E-state index in [0.29, 0.717) is 6.42 Å². The number of hydrogen-bond donors (Lipinski definition) is 1. The highest BCUT2D eigenvalue weighted by Crippen LogP contribution is 2.63. The lowest BCUT2D eigenvalue weighted by Crippen LogP contribution is -2.34. The Bertz CT molecular complexity index is 300. The molecule has 0 saturated heterocycles. The number of hydrogen-bond acceptors (Lipinski definition) is 1. The molecule has 1 N–H and O–H groups in total. The summed E-state index contributed by atoms with van der Waals surface area (Å²) in [7, 11) is 0. The molecule has 0 aliphatic heterocycles. The molecule has 2 aliphatic carbocycles. The molecule has 0 heterocycles. The van der Waals surface area contributed by atoms with E-state index >= 15 is 0 Å². The van der Waals surface area contributed by atoms with Crippen molar-refractivity contribution in [2.45, 2.75) is 56.2 Å². The first-order valence-corrected chi connectivity index (χ1v) is 7.37. The van der Waals surface area contributed by atoms with Crippen LogP contribution in [0.5, 0.6) is 0 Å². The summed E-state index contributed by atoms with van der Waals surface area (Å²) in [5, 5.41) is 2.98. The van der Waals surface area contributed by atoms with Gasteiger partial charge in [-0.2, -0.15) is 0 Å². The maximum atomic E-state index is 11.9. The second kappa shape index (κ2) is 4.97. The minimum Gasteiger partial charge on any atom is -0.356 e. The molecule has 0 radical (unpaired) electrons. The number of alkyl halides is 2. The van der Waals surface area contributed by atoms with E-state index in [1.807, 2.05) is 6.92 Å². The van der Waals surface area contributed by atoms with Crippen molar-refractivity contribution >= 4 is 29.1 Å². The van der Waals surface area contributed by atoms with E-state index in [2.05, 4.69) is 5.32 Å². The minimum absolute atomic E-state index is 0.0123. The zero-order valence-corrected chi connectivity index (χ0v) is 11.9. The van der Waals surface area contributed by atoms with Gasteiger partial charge in [0, 0.05) is 6.54 Å². The van der Waals surface area contributed by atoms with Crippen LogP contribution in [0.15, 0.2) is 0 Å². The second-order valence-electron chi connectivity index (χ2n) is 5.76. The van der Waals surface area contributed by atoms with Crippen LogP contribution in [0.4, 0.5) is 0 Å². The van der Waals surface area contributed by atoms with E-state index in [9.17, 15) is 4.79 Å². The largest absolute Gasteiger partial charge is 0.356 e. The van der Waals surface area contributed by atoms with Gasteiger partial charge in [0.1, 0.15) is 4.33 Å². The molecule has 1 atom stereocenters. The van der Waals surface area contributed by atoms with Gasteiger partial charge in [-0.3, -0.25) is 4.79 Å². The average Bonchev–Trinajstić information content (AvgIpc) is 2.81. The first-order valence-electron chi connectivity index (χ1n) is 6.62. The molecule has 0 spiro atoms.